The topological polar surface area (TPSA) is 90.6 Å². The zero-order chi connectivity index (χ0) is 22.8. The molecule has 1 atom stereocenters. The van der Waals surface area contributed by atoms with Crippen LogP contribution in [0.3, 0.4) is 0 Å². The number of nitrogens with one attached hydrogen (secondary N) is 1. The van der Waals surface area contributed by atoms with Crippen molar-refractivity contribution >= 4 is 23.0 Å². The van der Waals surface area contributed by atoms with E-state index in [4.69, 9.17) is 21.1 Å². The second-order valence-corrected chi connectivity index (χ2v) is 8.37. The number of alkyl halides is 1. The zero-order valence-electron chi connectivity index (χ0n) is 17.6. The van der Waals surface area contributed by atoms with E-state index in [1.54, 1.807) is 12.1 Å². The molecule has 33 heavy (non-hydrogen) atoms. The molecular formula is C23H21ClFN5O3. The smallest absolute Gasteiger partial charge is 0.292 e. The third-order valence-corrected chi connectivity index (χ3v) is 5.85. The van der Waals surface area contributed by atoms with Crippen LogP contribution >= 0.6 is 11.6 Å². The van der Waals surface area contributed by atoms with E-state index >= 15 is 0 Å². The maximum absolute atomic E-state index is 14.7. The highest BCUT2D eigenvalue weighted by Gasteiger charge is 2.32. The van der Waals surface area contributed by atoms with Crippen LogP contribution in [0.5, 0.6) is 11.6 Å². The van der Waals surface area contributed by atoms with Gasteiger partial charge in [0.2, 0.25) is 5.88 Å². The molecular weight excluding hydrogens is 449 g/mol. The predicted octanol–water partition coefficient (Wildman–Crippen LogP) is 3.81. The van der Waals surface area contributed by atoms with Crippen molar-refractivity contribution in [2.45, 2.75) is 18.5 Å². The molecule has 0 bridgehead atoms. The van der Waals surface area contributed by atoms with Crippen molar-refractivity contribution in [1.82, 2.24) is 14.8 Å². The molecule has 2 aromatic heterocycles. The van der Waals surface area contributed by atoms with Gasteiger partial charge in [-0.15, -0.1) is 0 Å². The predicted molar refractivity (Wildman–Crippen MR) is 123 cm³/mol. The molecule has 10 heteroatoms. The molecule has 0 amide bonds. The van der Waals surface area contributed by atoms with Gasteiger partial charge in [-0.05, 0) is 48.7 Å². The summed E-state index contributed by atoms with van der Waals surface area (Å²) in [6, 6.07) is 10.9. The van der Waals surface area contributed by atoms with Crippen LogP contribution in [0.4, 0.5) is 10.1 Å². The Morgan fingerprint density at radius 1 is 1.21 bits per heavy atom. The second kappa shape index (κ2) is 8.92. The Hall–Kier alpha value is -3.30. The number of anilines is 1. The standard InChI is InChI=1S/C23H21ClFN5O3/c24-21-19(28-13-23(25)8-1-9-32-14-23)12-29-30(22(21)31)16-4-7-20(27-10-16)33-17-5-2-15(3-6-17)18-11-26-18/h2-7,10,12,28H,1,8-9,11,13-14H2/t23-/m1/s1. The van der Waals surface area contributed by atoms with Gasteiger partial charge in [0.05, 0.1) is 49.2 Å². The average Bonchev–Trinajstić information content (AvgIpc) is 3.67. The van der Waals surface area contributed by atoms with Crippen molar-refractivity contribution in [3.8, 4) is 17.3 Å². The largest absolute Gasteiger partial charge is 0.439 e. The molecule has 2 aliphatic heterocycles. The number of benzene rings is 1. The molecule has 1 N–H and O–H groups in total. The van der Waals surface area contributed by atoms with Gasteiger partial charge in [-0.2, -0.15) is 9.78 Å². The Balaban J connectivity index is 1.27. The van der Waals surface area contributed by atoms with E-state index in [9.17, 15) is 9.18 Å². The Kier molecular flexibility index (Phi) is 5.82. The van der Waals surface area contributed by atoms with E-state index in [2.05, 4.69) is 20.4 Å². The average molecular weight is 470 g/mol. The summed E-state index contributed by atoms with van der Waals surface area (Å²) in [7, 11) is 0. The molecule has 1 saturated heterocycles. The van der Waals surface area contributed by atoms with E-state index in [0.29, 0.717) is 36.8 Å². The fourth-order valence-electron chi connectivity index (χ4n) is 3.57. The number of nitrogens with zero attached hydrogens (tertiary/aromatic N) is 4. The lowest BCUT2D eigenvalue weighted by molar-refractivity contribution is -0.0234. The van der Waals surface area contributed by atoms with Crippen molar-refractivity contribution < 1.29 is 13.9 Å². The first kappa shape index (κ1) is 21.5. The summed E-state index contributed by atoms with van der Waals surface area (Å²) in [5, 5.41) is 6.96. The molecule has 0 saturated carbocycles. The SMILES string of the molecule is O=c1c(Cl)c(NC[C@]2(F)CCCOC2)cnn1-c1ccc(Oc2ccc(C3=NC3)cc2)nc1. The Morgan fingerprint density at radius 2 is 2.03 bits per heavy atom. The van der Waals surface area contributed by atoms with Crippen LogP contribution in [0, 0.1) is 0 Å². The number of hydrogen-bond donors (Lipinski definition) is 1. The number of hydrogen-bond acceptors (Lipinski definition) is 7. The summed E-state index contributed by atoms with van der Waals surface area (Å²) in [6.07, 6.45) is 3.91. The van der Waals surface area contributed by atoms with Crippen molar-refractivity contribution in [2.24, 2.45) is 4.99 Å². The maximum Gasteiger partial charge on any atom is 0.292 e. The number of halogens is 2. The molecule has 3 aromatic rings. The van der Waals surface area contributed by atoms with Crippen molar-refractivity contribution in [3.63, 3.8) is 0 Å². The summed E-state index contributed by atoms with van der Waals surface area (Å²) in [5.41, 5.74) is 0.833. The van der Waals surface area contributed by atoms with E-state index in [0.717, 1.165) is 22.5 Å². The molecule has 2 aliphatic rings. The number of pyridine rings is 1. The van der Waals surface area contributed by atoms with Crippen LogP contribution in [-0.4, -0.2) is 52.4 Å². The number of aliphatic imine (C=N–C) groups is 1. The summed E-state index contributed by atoms with van der Waals surface area (Å²) in [4.78, 5) is 21.2. The van der Waals surface area contributed by atoms with Crippen LogP contribution in [0.1, 0.15) is 18.4 Å². The van der Waals surface area contributed by atoms with Crippen LogP contribution < -0.4 is 15.6 Å². The Bertz CT molecular complexity index is 1240. The lowest BCUT2D eigenvalue weighted by Gasteiger charge is -2.29. The molecule has 1 aromatic carbocycles. The van der Waals surface area contributed by atoms with Crippen LogP contribution in [-0.2, 0) is 4.74 Å². The normalized spacial score (nSPS) is 19.6. The van der Waals surface area contributed by atoms with Gasteiger partial charge in [-0.3, -0.25) is 9.79 Å². The molecule has 0 aliphatic carbocycles. The van der Waals surface area contributed by atoms with E-state index in [1.807, 2.05) is 24.3 Å². The fraction of sp³-hybridized carbons (Fsp3) is 0.304. The quantitative estimate of drug-likeness (QED) is 0.566. The number of aromatic nitrogens is 3. The monoisotopic (exact) mass is 469 g/mol. The van der Waals surface area contributed by atoms with Crippen molar-refractivity contribution in [1.29, 1.82) is 0 Å². The first-order valence-electron chi connectivity index (χ1n) is 10.6. The van der Waals surface area contributed by atoms with Gasteiger partial charge >= 0.3 is 0 Å². The van der Waals surface area contributed by atoms with Gasteiger partial charge in [-0.25, -0.2) is 9.37 Å². The number of rotatable bonds is 7. The molecule has 5 rings (SSSR count). The molecule has 1 fully saturated rings. The third-order valence-electron chi connectivity index (χ3n) is 5.48. The van der Waals surface area contributed by atoms with Crippen LogP contribution in [0.25, 0.3) is 5.69 Å². The molecule has 0 unspecified atom stereocenters. The van der Waals surface area contributed by atoms with Gasteiger partial charge in [0.25, 0.3) is 5.56 Å². The van der Waals surface area contributed by atoms with Crippen LogP contribution in [0.2, 0.25) is 5.02 Å². The van der Waals surface area contributed by atoms with Gasteiger partial charge in [0.1, 0.15) is 10.8 Å². The number of ether oxygens (including phenoxy) is 2. The molecule has 170 valence electrons. The third kappa shape index (κ3) is 4.89. The molecule has 0 radical (unpaired) electrons. The van der Waals surface area contributed by atoms with Gasteiger partial charge in [0.15, 0.2) is 5.67 Å². The van der Waals surface area contributed by atoms with Gasteiger partial charge in [-0.1, -0.05) is 11.6 Å². The minimum Gasteiger partial charge on any atom is -0.439 e. The van der Waals surface area contributed by atoms with Crippen molar-refractivity contribution in [3.05, 3.63) is 69.7 Å². The van der Waals surface area contributed by atoms with E-state index < -0.39 is 11.2 Å². The Morgan fingerprint density at radius 3 is 2.70 bits per heavy atom. The highest BCUT2D eigenvalue weighted by Crippen LogP contribution is 2.26. The highest BCUT2D eigenvalue weighted by atomic mass is 35.5. The summed E-state index contributed by atoms with van der Waals surface area (Å²) in [6.45, 7) is 1.36. The molecule has 0 spiro atoms. The van der Waals surface area contributed by atoms with Crippen molar-refractivity contribution in [2.75, 3.05) is 31.6 Å². The lowest BCUT2D eigenvalue weighted by atomic mass is 9.99. The van der Waals surface area contributed by atoms with Gasteiger partial charge < -0.3 is 14.8 Å². The van der Waals surface area contributed by atoms with Gasteiger partial charge in [0, 0.05) is 12.7 Å². The van der Waals surface area contributed by atoms with E-state index in [1.165, 1.54) is 12.4 Å². The molecule has 8 nitrogen and oxygen atoms in total. The molecule has 4 heterocycles. The summed E-state index contributed by atoms with van der Waals surface area (Å²) in [5.74, 6) is 1.01. The summed E-state index contributed by atoms with van der Waals surface area (Å²) >= 11 is 6.25. The van der Waals surface area contributed by atoms with E-state index in [-0.39, 0.29) is 23.9 Å². The minimum atomic E-state index is -1.50. The minimum absolute atomic E-state index is 0.0134. The first-order chi connectivity index (χ1) is 16.0. The second-order valence-electron chi connectivity index (χ2n) is 7.99. The lowest BCUT2D eigenvalue weighted by Crippen LogP contribution is -2.40. The first-order valence-corrected chi connectivity index (χ1v) is 10.9. The summed E-state index contributed by atoms with van der Waals surface area (Å²) < 4.78 is 26.8. The maximum atomic E-state index is 14.7. The Labute approximate surface area is 194 Å². The van der Waals surface area contributed by atoms with Crippen LogP contribution in [0.15, 0.2) is 58.6 Å². The fourth-order valence-corrected chi connectivity index (χ4v) is 3.76. The highest BCUT2D eigenvalue weighted by molar-refractivity contribution is 6.32. The zero-order valence-corrected chi connectivity index (χ0v) is 18.4.